The van der Waals surface area contributed by atoms with Gasteiger partial charge in [-0.2, -0.15) is 5.10 Å². The Bertz CT molecular complexity index is 647. The number of amides is 1. The lowest BCUT2D eigenvalue weighted by Gasteiger charge is -2.31. The third-order valence-electron chi connectivity index (χ3n) is 4.59. The molecule has 0 radical (unpaired) electrons. The minimum Gasteiger partial charge on any atom is -0.337 e. The van der Waals surface area contributed by atoms with E-state index in [-0.39, 0.29) is 11.3 Å². The SMILES string of the molecule is CC(C)(C)c1ccc(C(=O)N2CCC(c3ccn[nH]3)CC2)nc1. The molecule has 122 valence electrons. The predicted octanol–water partition coefficient (Wildman–Crippen LogP) is 3.12. The molecule has 23 heavy (non-hydrogen) atoms. The van der Waals surface area contributed by atoms with E-state index in [1.165, 1.54) is 5.69 Å². The number of carbonyl (C=O) groups is 1. The fraction of sp³-hybridized carbons (Fsp3) is 0.500. The van der Waals surface area contributed by atoms with Crippen LogP contribution in [0.4, 0.5) is 0 Å². The summed E-state index contributed by atoms with van der Waals surface area (Å²) >= 11 is 0. The average molecular weight is 312 g/mol. The van der Waals surface area contributed by atoms with Gasteiger partial charge in [0, 0.05) is 37.1 Å². The van der Waals surface area contributed by atoms with Crippen molar-refractivity contribution in [3.63, 3.8) is 0 Å². The van der Waals surface area contributed by atoms with Crippen LogP contribution in [0.2, 0.25) is 0 Å². The number of rotatable bonds is 2. The van der Waals surface area contributed by atoms with Crippen LogP contribution in [-0.2, 0) is 5.41 Å². The molecule has 0 unspecified atom stereocenters. The number of likely N-dealkylation sites (tertiary alicyclic amines) is 1. The topological polar surface area (TPSA) is 61.9 Å². The second kappa shape index (κ2) is 6.14. The van der Waals surface area contributed by atoms with E-state index in [9.17, 15) is 4.79 Å². The van der Waals surface area contributed by atoms with Crippen LogP contribution in [0.3, 0.4) is 0 Å². The highest BCUT2D eigenvalue weighted by Gasteiger charge is 2.26. The monoisotopic (exact) mass is 312 g/mol. The third-order valence-corrected chi connectivity index (χ3v) is 4.59. The molecule has 5 nitrogen and oxygen atoms in total. The molecule has 3 heterocycles. The minimum absolute atomic E-state index is 0.0357. The Balaban J connectivity index is 1.63. The molecule has 0 bridgehead atoms. The second-order valence-corrected chi connectivity index (χ2v) is 7.26. The Morgan fingerprint density at radius 3 is 2.48 bits per heavy atom. The minimum atomic E-state index is 0.0357. The molecule has 0 spiro atoms. The molecule has 1 saturated heterocycles. The van der Waals surface area contributed by atoms with E-state index >= 15 is 0 Å². The Morgan fingerprint density at radius 2 is 1.96 bits per heavy atom. The van der Waals surface area contributed by atoms with Gasteiger partial charge in [0.1, 0.15) is 5.69 Å². The molecule has 5 heteroatoms. The van der Waals surface area contributed by atoms with Crippen molar-refractivity contribution >= 4 is 5.91 Å². The molecular formula is C18H24N4O. The van der Waals surface area contributed by atoms with Crippen molar-refractivity contribution in [2.24, 2.45) is 0 Å². The lowest BCUT2D eigenvalue weighted by atomic mass is 9.88. The van der Waals surface area contributed by atoms with Gasteiger partial charge in [-0.25, -0.2) is 0 Å². The van der Waals surface area contributed by atoms with Crippen LogP contribution in [0.25, 0.3) is 0 Å². The van der Waals surface area contributed by atoms with Gasteiger partial charge in [-0.1, -0.05) is 26.8 Å². The highest BCUT2D eigenvalue weighted by atomic mass is 16.2. The van der Waals surface area contributed by atoms with Crippen molar-refractivity contribution < 1.29 is 4.79 Å². The largest absolute Gasteiger partial charge is 0.337 e. The van der Waals surface area contributed by atoms with Crippen molar-refractivity contribution in [2.75, 3.05) is 13.1 Å². The molecule has 0 aliphatic carbocycles. The summed E-state index contributed by atoms with van der Waals surface area (Å²) in [6.07, 6.45) is 5.54. The van der Waals surface area contributed by atoms with Gasteiger partial charge in [0.05, 0.1) is 0 Å². The summed E-state index contributed by atoms with van der Waals surface area (Å²) in [5.41, 5.74) is 2.91. The number of aromatic amines is 1. The molecule has 1 N–H and O–H groups in total. The number of hydrogen-bond donors (Lipinski definition) is 1. The number of hydrogen-bond acceptors (Lipinski definition) is 3. The van der Waals surface area contributed by atoms with Gasteiger partial charge in [0.25, 0.3) is 5.91 Å². The number of nitrogens with zero attached hydrogens (tertiary/aromatic N) is 3. The fourth-order valence-electron chi connectivity index (χ4n) is 3.01. The zero-order valence-corrected chi connectivity index (χ0v) is 14.0. The van der Waals surface area contributed by atoms with Crippen molar-refractivity contribution in [3.8, 4) is 0 Å². The molecule has 0 saturated carbocycles. The molecule has 2 aromatic heterocycles. The average Bonchev–Trinajstić information content (AvgIpc) is 3.08. The molecule has 1 fully saturated rings. The Labute approximate surface area is 137 Å². The molecule has 3 rings (SSSR count). The molecule has 1 amide bonds. The van der Waals surface area contributed by atoms with Gasteiger partial charge in [-0.05, 0) is 36.0 Å². The first kappa shape index (κ1) is 15.7. The Kier molecular flexibility index (Phi) is 4.20. The van der Waals surface area contributed by atoms with Crippen molar-refractivity contribution in [1.29, 1.82) is 0 Å². The van der Waals surface area contributed by atoms with Crippen molar-refractivity contribution in [3.05, 3.63) is 47.5 Å². The molecule has 1 aliphatic heterocycles. The van der Waals surface area contributed by atoms with Crippen LogP contribution in [-0.4, -0.2) is 39.1 Å². The van der Waals surface area contributed by atoms with Crippen LogP contribution in [0.1, 0.15) is 61.3 Å². The summed E-state index contributed by atoms with van der Waals surface area (Å²) in [7, 11) is 0. The predicted molar refractivity (Wildman–Crippen MR) is 89.4 cm³/mol. The zero-order chi connectivity index (χ0) is 16.4. The molecule has 0 atom stereocenters. The molecule has 2 aromatic rings. The Morgan fingerprint density at radius 1 is 1.22 bits per heavy atom. The van der Waals surface area contributed by atoms with Gasteiger partial charge < -0.3 is 4.90 Å². The summed E-state index contributed by atoms with van der Waals surface area (Å²) in [5.74, 6) is 0.506. The van der Waals surface area contributed by atoms with Crippen LogP contribution < -0.4 is 0 Å². The zero-order valence-electron chi connectivity index (χ0n) is 14.0. The maximum absolute atomic E-state index is 12.6. The van der Waals surface area contributed by atoms with Crippen molar-refractivity contribution in [2.45, 2.75) is 44.9 Å². The number of H-pyrrole nitrogens is 1. The number of aromatic nitrogens is 3. The van der Waals surface area contributed by atoms with Gasteiger partial charge >= 0.3 is 0 Å². The smallest absolute Gasteiger partial charge is 0.272 e. The van der Waals surface area contributed by atoms with Crippen LogP contribution in [0, 0.1) is 0 Å². The lowest BCUT2D eigenvalue weighted by molar-refractivity contribution is 0.0706. The number of carbonyl (C=O) groups excluding carboxylic acids is 1. The van der Waals surface area contributed by atoms with Gasteiger partial charge in [0.15, 0.2) is 0 Å². The van der Waals surface area contributed by atoms with Crippen LogP contribution in [0.5, 0.6) is 0 Å². The van der Waals surface area contributed by atoms with Crippen LogP contribution in [0.15, 0.2) is 30.6 Å². The first-order valence-electron chi connectivity index (χ1n) is 8.20. The summed E-state index contributed by atoms with van der Waals surface area (Å²) in [6, 6.07) is 5.89. The summed E-state index contributed by atoms with van der Waals surface area (Å²) < 4.78 is 0. The molecule has 0 aromatic carbocycles. The molecular weight excluding hydrogens is 288 g/mol. The highest BCUT2D eigenvalue weighted by Crippen LogP contribution is 2.27. The maximum Gasteiger partial charge on any atom is 0.272 e. The molecule has 1 aliphatic rings. The van der Waals surface area contributed by atoms with E-state index in [1.54, 1.807) is 6.20 Å². The fourth-order valence-corrected chi connectivity index (χ4v) is 3.01. The van der Waals surface area contributed by atoms with Crippen LogP contribution >= 0.6 is 0 Å². The number of piperidine rings is 1. The Hall–Kier alpha value is -2.17. The van der Waals surface area contributed by atoms with Crippen molar-refractivity contribution in [1.82, 2.24) is 20.1 Å². The first-order chi connectivity index (χ1) is 10.9. The van der Waals surface area contributed by atoms with E-state index in [0.29, 0.717) is 11.6 Å². The number of nitrogens with one attached hydrogen (secondary N) is 1. The third kappa shape index (κ3) is 3.44. The second-order valence-electron chi connectivity index (χ2n) is 7.26. The van der Waals surface area contributed by atoms with E-state index in [1.807, 2.05) is 29.3 Å². The van der Waals surface area contributed by atoms with E-state index in [0.717, 1.165) is 31.5 Å². The quantitative estimate of drug-likeness (QED) is 0.926. The summed E-state index contributed by atoms with van der Waals surface area (Å²) in [4.78, 5) is 18.9. The highest BCUT2D eigenvalue weighted by molar-refractivity contribution is 5.92. The lowest BCUT2D eigenvalue weighted by Crippen LogP contribution is -2.38. The van der Waals surface area contributed by atoms with Gasteiger partial charge in [-0.3, -0.25) is 14.9 Å². The van der Waals surface area contributed by atoms with E-state index in [4.69, 9.17) is 0 Å². The standard InChI is InChI=1S/C18H24N4O/c1-18(2,3)14-4-5-16(19-12-14)17(23)22-10-7-13(8-11-22)15-6-9-20-21-15/h4-6,9,12-13H,7-8,10-11H2,1-3H3,(H,20,21). The van der Waals surface area contributed by atoms with Gasteiger partial charge in [-0.15, -0.1) is 0 Å². The van der Waals surface area contributed by atoms with E-state index in [2.05, 4.69) is 36.0 Å². The van der Waals surface area contributed by atoms with Gasteiger partial charge in [0.2, 0.25) is 0 Å². The normalized spacial score (nSPS) is 16.6. The first-order valence-corrected chi connectivity index (χ1v) is 8.20. The number of pyridine rings is 1. The maximum atomic E-state index is 12.6. The summed E-state index contributed by atoms with van der Waals surface area (Å²) in [6.45, 7) is 7.97. The summed E-state index contributed by atoms with van der Waals surface area (Å²) in [5, 5.41) is 7.05. The van der Waals surface area contributed by atoms with E-state index < -0.39 is 0 Å².